The lowest BCUT2D eigenvalue weighted by Gasteiger charge is -2.17. The molecule has 0 fully saturated rings. The molecule has 0 saturated carbocycles. The number of hydrogen-bond donors (Lipinski definition) is 5. The number of hydrogen-bond acceptors (Lipinski definition) is 7. The normalized spacial score (nSPS) is 11.2. The number of amides is 3. The number of rotatable bonds is 12. The molecule has 4 aromatic rings. The summed E-state index contributed by atoms with van der Waals surface area (Å²) in [6, 6.07) is 24.0. The van der Waals surface area contributed by atoms with Crippen LogP contribution < -0.4 is 27.0 Å². The molecular formula is C31H32N6O6. The number of nitrogens with one attached hydrogen (secondary N) is 4. The van der Waals surface area contributed by atoms with Crippen LogP contribution in [-0.2, 0) is 35.8 Å². The predicted molar refractivity (Wildman–Crippen MR) is 160 cm³/mol. The molecule has 1 atom stereocenters. The van der Waals surface area contributed by atoms with Crippen LogP contribution in [0.3, 0.4) is 0 Å². The van der Waals surface area contributed by atoms with E-state index in [1.165, 1.54) is 6.20 Å². The highest BCUT2D eigenvalue weighted by Crippen LogP contribution is 2.13. The van der Waals surface area contributed by atoms with Gasteiger partial charge in [-0.2, -0.15) is 4.98 Å². The number of carboxylic acids is 1. The first-order valence-electron chi connectivity index (χ1n) is 13.5. The standard InChI is InChI=1S/C31H32N6O6/c1-21-18-37(19-26(28(38)39)35-31(42)43-20-24-10-6-3-7-11-24)30(41)36-27(21)32-16-23-12-14-25(15-13-23)34-29(40)33-17-22-8-4-2-5-9-22/h2-15,18,26H,16-17,19-20H2,1H3,(H,35,42)(H,38,39)(H,32,36,41)(H2,33,34,40)/t26-/m0/s1. The Morgan fingerprint density at radius 1 is 0.884 bits per heavy atom. The molecule has 0 saturated heterocycles. The van der Waals surface area contributed by atoms with E-state index in [1.807, 2.05) is 48.5 Å². The van der Waals surface area contributed by atoms with E-state index in [2.05, 4.69) is 26.3 Å². The number of carboxylic acid groups (broad SMARTS) is 1. The summed E-state index contributed by atoms with van der Waals surface area (Å²) in [5, 5.41) is 20.6. The first kappa shape index (κ1) is 30.3. The fourth-order valence-corrected chi connectivity index (χ4v) is 4.04. The molecule has 1 heterocycles. The van der Waals surface area contributed by atoms with Crippen LogP contribution in [0.25, 0.3) is 0 Å². The molecule has 0 aliphatic heterocycles. The summed E-state index contributed by atoms with van der Waals surface area (Å²) in [5.41, 5.74) is 3.16. The van der Waals surface area contributed by atoms with E-state index in [0.29, 0.717) is 30.2 Å². The number of alkyl carbamates (subject to hydrolysis) is 1. The number of urea groups is 1. The summed E-state index contributed by atoms with van der Waals surface area (Å²) in [6.45, 7) is 2.13. The second kappa shape index (κ2) is 14.8. The lowest BCUT2D eigenvalue weighted by molar-refractivity contribution is -0.139. The summed E-state index contributed by atoms with van der Waals surface area (Å²) < 4.78 is 6.22. The zero-order valence-electron chi connectivity index (χ0n) is 23.4. The maximum atomic E-state index is 12.7. The number of anilines is 2. The first-order chi connectivity index (χ1) is 20.8. The van der Waals surface area contributed by atoms with Gasteiger partial charge in [0.15, 0.2) is 0 Å². The van der Waals surface area contributed by atoms with Crippen molar-refractivity contribution in [3.63, 3.8) is 0 Å². The minimum absolute atomic E-state index is 0.0245. The number of ether oxygens (including phenoxy) is 1. The monoisotopic (exact) mass is 584 g/mol. The fourth-order valence-electron chi connectivity index (χ4n) is 4.04. The molecule has 0 spiro atoms. The summed E-state index contributed by atoms with van der Waals surface area (Å²) in [4.78, 5) is 52.9. The Hall–Kier alpha value is -5.65. The third-order valence-corrected chi connectivity index (χ3v) is 6.33. The quantitative estimate of drug-likeness (QED) is 0.168. The van der Waals surface area contributed by atoms with Crippen molar-refractivity contribution in [3.8, 4) is 0 Å². The van der Waals surface area contributed by atoms with Crippen LogP contribution in [0.15, 0.2) is 95.9 Å². The average Bonchev–Trinajstić information content (AvgIpc) is 3.01. The van der Waals surface area contributed by atoms with Gasteiger partial charge in [0.25, 0.3) is 0 Å². The highest BCUT2D eigenvalue weighted by atomic mass is 16.5. The second-order valence-electron chi connectivity index (χ2n) is 9.65. The molecule has 12 nitrogen and oxygen atoms in total. The molecule has 12 heteroatoms. The van der Waals surface area contributed by atoms with E-state index in [4.69, 9.17) is 4.74 Å². The largest absolute Gasteiger partial charge is 0.480 e. The molecule has 0 unspecified atom stereocenters. The minimum atomic E-state index is -1.41. The zero-order valence-corrected chi connectivity index (χ0v) is 23.4. The third-order valence-electron chi connectivity index (χ3n) is 6.33. The highest BCUT2D eigenvalue weighted by molar-refractivity contribution is 5.89. The summed E-state index contributed by atoms with van der Waals surface area (Å²) in [5.74, 6) is -0.985. The van der Waals surface area contributed by atoms with Crippen molar-refractivity contribution in [2.24, 2.45) is 0 Å². The zero-order chi connectivity index (χ0) is 30.6. The predicted octanol–water partition coefficient (Wildman–Crippen LogP) is 3.87. The molecular weight excluding hydrogens is 552 g/mol. The molecule has 3 aromatic carbocycles. The van der Waals surface area contributed by atoms with Gasteiger partial charge in [0, 0.05) is 30.5 Å². The molecule has 5 N–H and O–H groups in total. The SMILES string of the molecule is Cc1cn(C[C@H](NC(=O)OCc2ccccc2)C(=O)O)c(=O)nc1NCc1ccc(NC(=O)NCc2ccccc2)cc1. The molecule has 4 rings (SSSR count). The summed E-state index contributed by atoms with van der Waals surface area (Å²) in [7, 11) is 0. The van der Waals surface area contributed by atoms with Gasteiger partial charge in [0.1, 0.15) is 18.5 Å². The van der Waals surface area contributed by atoms with Gasteiger partial charge in [0.2, 0.25) is 0 Å². The maximum absolute atomic E-state index is 12.7. The van der Waals surface area contributed by atoms with E-state index in [-0.39, 0.29) is 19.2 Å². The van der Waals surface area contributed by atoms with Gasteiger partial charge in [-0.3, -0.25) is 4.57 Å². The van der Waals surface area contributed by atoms with Crippen LogP contribution in [0.5, 0.6) is 0 Å². The van der Waals surface area contributed by atoms with Crippen molar-refractivity contribution in [3.05, 3.63) is 124 Å². The number of nitrogens with zero attached hydrogens (tertiary/aromatic N) is 2. The Balaban J connectivity index is 1.28. The van der Waals surface area contributed by atoms with Crippen LogP contribution in [0.1, 0.15) is 22.3 Å². The van der Waals surface area contributed by atoms with E-state index in [0.717, 1.165) is 21.3 Å². The number of aromatic nitrogens is 2. The minimum Gasteiger partial charge on any atom is -0.480 e. The van der Waals surface area contributed by atoms with Crippen LogP contribution in [0, 0.1) is 6.92 Å². The van der Waals surface area contributed by atoms with Gasteiger partial charge in [-0.15, -0.1) is 0 Å². The molecule has 0 radical (unpaired) electrons. The van der Waals surface area contributed by atoms with Crippen LogP contribution in [0.2, 0.25) is 0 Å². The van der Waals surface area contributed by atoms with Crippen molar-refractivity contribution in [2.75, 3.05) is 10.6 Å². The van der Waals surface area contributed by atoms with Gasteiger partial charge in [-0.1, -0.05) is 72.8 Å². The Morgan fingerprint density at radius 2 is 1.51 bits per heavy atom. The van der Waals surface area contributed by atoms with Gasteiger partial charge in [0.05, 0.1) is 6.54 Å². The molecule has 43 heavy (non-hydrogen) atoms. The summed E-state index contributed by atoms with van der Waals surface area (Å²) in [6.07, 6.45) is 0.562. The van der Waals surface area contributed by atoms with E-state index < -0.39 is 23.8 Å². The molecule has 222 valence electrons. The average molecular weight is 585 g/mol. The van der Waals surface area contributed by atoms with Gasteiger partial charge in [-0.25, -0.2) is 19.2 Å². The lowest BCUT2D eigenvalue weighted by atomic mass is 10.2. The summed E-state index contributed by atoms with van der Waals surface area (Å²) >= 11 is 0. The van der Waals surface area contributed by atoms with E-state index >= 15 is 0 Å². The van der Waals surface area contributed by atoms with E-state index in [1.54, 1.807) is 43.3 Å². The fraction of sp³-hybridized carbons (Fsp3) is 0.194. The van der Waals surface area contributed by atoms with Crippen molar-refractivity contribution in [1.29, 1.82) is 0 Å². The molecule has 0 aliphatic rings. The Bertz CT molecular complexity index is 1590. The maximum Gasteiger partial charge on any atom is 0.408 e. The number of aliphatic carboxylic acids is 1. The number of benzene rings is 3. The topological polar surface area (TPSA) is 164 Å². The lowest BCUT2D eigenvalue weighted by Crippen LogP contribution is -2.45. The molecule has 0 bridgehead atoms. The Morgan fingerprint density at radius 3 is 2.16 bits per heavy atom. The van der Waals surface area contributed by atoms with E-state index in [9.17, 15) is 24.3 Å². The highest BCUT2D eigenvalue weighted by Gasteiger charge is 2.22. The van der Waals surface area contributed by atoms with Crippen LogP contribution in [-0.4, -0.2) is 38.8 Å². The van der Waals surface area contributed by atoms with Crippen LogP contribution in [0.4, 0.5) is 21.1 Å². The number of carbonyl (C=O) groups is 3. The molecule has 1 aromatic heterocycles. The number of carbonyl (C=O) groups excluding carboxylic acids is 2. The van der Waals surface area contributed by atoms with Crippen molar-refractivity contribution < 1.29 is 24.2 Å². The van der Waals surface area contributed by atoms with Gasteiger partial charge < -0.3 is 31.1 Å². The van der Waals surface area contributed by atoms with Gasteiger partial charge in [-0.05, 0) is 35.7 Å². The van der Waals surface area contributed by atoms with Gasteiger partial charge >= 0.3 is 23.8 Å². The smallest absolute Gasteiger partial charge is 0.408 e. The molecule has 0 aliphatic carbocycles. The van der Waals surface area contributed by atoms with Crippen molar-refractivity contribution in [2.45, 2.75) is 39.2 Å². The third kappa shape index (κ3) is 9.46. The first-order valence-corrected chi connectivity index (χ1v) is 13.5. The van der Waals surface area contributed by atoms with Crippen LogP contribution >= 0.6 is 0 Å². The second-order valence-corrected chi connectivity index (χ2v) is 9.65. The van der Waals surface area contributed by atoms with Crippen molar-refractivity contribution >= 4 is 29.6 Å². The molecule has 3 amide bonds. The Labute approximate surface area is 247 Å². The number of aryl methyl sites for hydroxylation is 1. The Kier molecular flexibility index (Phi) is 10.5. The van der Waals surface area contributed by atoms with Crippen molar-refractivity contribution in [1.82, 2.24) is 20.2 Å².